The molecule has 1 heterocycles. The van der Waals surface area contributed by atoms with E-state index in [0.29, 0.717) is 11.8 Å². The minimum absolute atomic E-state index is 0.596. The normalized spacial score (nSPS) is 10.9. The van der Waals surface area contributed by atoms with Crippen LogP contribution in [-0.2, 0) is 6.42 Å². The molecule has 0 N–H and O–H groups in total. The Morgan fingerprint density at radius 1 is 1.00 bits per heavy atom. The van der Waals surface area contributed by atoms with E-state index in [0.717, 1.165) is 17.4 Å². The van der Waals surface area contributed by atoms with Crippen molar-refractivity contribution in [3.05, 3.63) is 48.4 Å². The zero-order valence-electron chi connectivity index (χ0n) is 9.55. The molecular weight excluding hydrogens is 212 g/mol. The second-order valence-electron chi connectivity index (χ2n) is 3.88. The number of rotatable bonds is 2. The minimum Gasteiger partial charge on any atom is -0.421 e. The van der Waals surface area contributed by atoms with Gasteiger partial charge >= 0.3 is 0 Å². The molecule has 0 aliphatic heterocycles. The molecule has 0 atom stereocenters. The molecule has 3 aromatic rings. The zero-order chi connectivity index (χ0) is 11.7. The van der Waals surface area contributed by atoms with Crippen LogP contribution in [0, 0.1) is 0 Å². The SMILES string of the molecule is CCc1nnc(-c2cccc3ccccc23)o1. The molecule has 0 bridgehead atoms. The summed E-state index contributed by atoms with van der Waals surface area (Å²) in [6.45, 7) is 2.00. The van der Waals surface area contributed by atoms with Crippen molar-refractivity contribution in [2.45, 2.75) is 13.3 Å². The van der Waals surface area contributed by atoms with Gasteiger partial charge in [0.15, 0.2) is 0 Å². The topological polar surface area (TPSA) is 38.9 Å². The molecule has 0 saturated carbocycles. The van der Waals surface area contributed by atoms with E-state index in [1.807, 2.05) is 31.2 Å². The summed E-state index contributed by atoms with van der Waals surface area (Å²) in [5.74, 6) is 1.27. The maximum absolute atomic E-state index is 5.60. The van der Waals surface area contributed by atoms with Crippen molar-refractivity contribution in [2.24, 2.45) is 0 Å². The molecule has 84 valence electrons. The van der Waals surface area contributed by atoms with E-state index >= 15 is 0 Å². The fourth-order valence-electron chi connectivity index (χ4n) is 1.92. The largest absolute Gasteiger partial charge is 0.421 e. The first-order valence-corrected chi connectivity index (χ1v) is 5.69. The van der Waals surface area contributed by atoms with Gasteiger partial charge in [0.1, 0.15) is 0 Å². The molecule has 0 fully saturated rings. The van der Waals surface area contributed by atoms with E-state index in [-0.39, 0.29) is 0 Å². The molecule has 0 amide bonds. The molecule has 3 heteroatoms. The van der Waals surface area contributed by atoms with E-state index < -0.39 is 0 Å². The van der Waals surface area contributed by atoms with Crippen LogP contribution >= 0.6 is 0 Å². The lowest BCUT2D eigenvalue weighted by molar-refractivity contribution is 0.513. The van der Waals surface area contributed by atoms with Crippen molar-refractivity contribution in [1.82, 2.24) is 10.2 Å². The molecule has 0 radical (unpaired) electrons. The number of hydrogen-bond donors (Lipinski definition) is 0. The second-order valence-corrected chi connectivity index (χ2v) is 3.88. The molecule has 3 rings (SSSR count). The summed E-state index contributed by atoms with van der Waals surface area (Å²) in [5.41, 5.74) is 0.996. The Hall–Kier alpha value is -2.16. The van der Waals surface area contributed by atoms with Gasteiger partial charge in [-0.1, -0.05) is 43.3 Å². The molecule has 2 aromatic carbocycles. The van der Waals surface area contributed by atoms with Gasteiger partial charge in [0, 0.05) is 12.0 Å². The average molecular weight is 224 g/mol. The minimum atomic E-state index is 0.596. The monoisotopic (exact) mass is 224 g/mol. The smallest absolute Gasteiger partial charge is 0.248 e. The lowest BCUT2D eigenvalue weighted by Crippen LogP contribution is -1.81. The number of fused-ring (bicyclic) bond motifs is 1. The summed E-state index contributed by atoms with van der Waals surface area (Å²) >= 11 is 0. The summed E-state index contributed by atoms with van der Waals surface area (Å²) in [6.07, 6.45) is 0.762. The van der Waals surface area contributed by atoms with Crippen LogP contribution in [0.5, 0.6) is 0 Å². The third-order valence-corrected chi connectivity index (χ3v) is 2.79. The van der Waals surface area contributed by atoms with Crippen LogP contribution in [-0.4, -0.2) is 10.2 Å². The summed E-state index contributed by atoms with van der Waals surface area (Å²) in [6, 6.07) is 14.3. The number of aryl methyl sites for hydroxylation is 1. The lowest BCUT2D eigenvalue weighted by atomic mass is 10.0. The van der Waals surface area contributed by atoms with Gasteiger partial charge in [0.2, 0.25) is 11.8 Å². The van der Waals surface area contributed by atoms with Crippen LogP contribution in [0.2, 0.25) is 0 Å². The van der Waals surface area contributed by atoms with Crippen molar-refractivity contribution in [2.75, 3.05) is 0 Å². The molecule has 0 aliphatic carbocycles. The Morgan fingerprint density at radius 3 is 2.65 bits per heavy atom. The van der Waals surface area contributed by atoms with E-state index in [1.165, 1.54) is 5.39 Å². The van der Waals surface area contributed by atoms with Crippen LogP contribution in [0.3, 0.4) is 0 Å². The quantitative estimate of drug-likeness (QED) is 0.669. The van der Waals surface area contributed by atoms with Gasteiger partial charge in [0.25, 0.3) is 0 Å². The van der Waals surface area contributed by atoms with Crippen molar-refractivity contribution < 1.29 is 4.42 Å². The molecular formula is C14H12N2O. The van der Waals surface area contributed by atoms with Crippen molar-refractivity contribution in [3.63, 3.8) is 0 Å². The highest BCUT2D eigenvalue weighted by atomic mass is 16.4. The molecule has 3 nitrogen and oxygen atoms in total. The van der Waals surface area contributed by atoms with Gasteiger partial charge in [-0.15, -0.1) is 10.2 Å². The van der Waals surface area contributed by atoms with E-state index in [9.17, 15) is 0 Å². The summed E-state index contributed by atoms with van der Waals surface area (Å²) < 4.78 is 5.60. The standard InChI is InChI=1S/C14H12N2O/c1-2-13-15-16-14(17-13)12-9-5-7-10-6-3-4-8-11(10)12/h3-9H,2H2,1H3. The Balaban J connectivity index is 2.23. The van der Waals surface area contributed by atoms with Crippen LogP contribution in [0.4, 0.5) is 0 Å². The molecule has 0 saturated heterocycles. The second kappa shape index (κ2) is 4.01. The van der Waals surface area contributed by atoms with Crippen LogP contribution in [0.15, 0.2) is 46.9 Å². The van der Waals surface area contributed by atoms with Crippen molar-refractivity contribution >= 4 is 10.8 Å². The number of hydrogen-bond acceptors (Lipinski definition) is 3. The highest BCUT2D eigenvalue weighted by Gasteiger charge is 2.09. The number of benzene rings is 2. The first kappa shape index (κ1) is 10.0. The first-order valence-electron chi connectivity index (χ1n) is 5.69. The molecule has 17 heavy (non-hydrogen) atoms. The van der Waals surface area contributed by atoms with Gasteiger partial charge < -0.3 is 4.42 Å². The first-order chi connectivity index (χ1) is 8.38. The number of aromatic nitrogens is 2. The average Bonchev–Trinajstić information content (AvgIpc) is 2.87. The Morgan fingerprint density at radius 2 is 1.82 bits per heavy atom. The number of nitrogens with zero attached hydrogens (tertiary/aromatic N) is 2. The molecule has 0 unspecified atom stereocenters. The lowest BCUT2D eigenvalue weighted by Gasteiger charge is -2.01. The highest BCUT2D eigenvalue weighted by Crippen LogP contribution is 2.27. The van der Waals surface area contributed by atoms with Gasteiger partial charge in [-0.3, -0.25) is 0 Å². The maximum Gasteiger partial charge on any atom is 0.248 e. The summed E-state index contributed by atoms with van der Waals surface area (Å²) in [7, 11) is 0. The van der Waals surface area contributed by atoms with Crippen LogP contribution in [0.25, 0.3) is 22.2 Å². The van der Waals surface area contributed by atoms with E-state index in [2.05, 4.69) is 28.4 Å². The van der Waals surface area contributed by atoms with Gasteiger partial charge in [-0.25, -0.2) is 0 Å². The maximum atomic E-state index is 5.60. The Labute approximate surface area is 99.1 Å². The summed E-state index contributed by atoms with van der Waals surface area (Å²) in [4.78, 5) is 0. The van der Waals surface area contributed by atoms with Crippen molar-refractivity contribution in [1.29, 1.82) is 0 Å². The van der Waals surface area contributed by atoms with Crippen LogP contribution < -0.4 is 0 Å². The Bertz CT molecular complexity index is 653. The summed E-state index contributed by atoms with van der Waals surface area (Å²) in [5, 5.41) is 10.4. The Kier molecular flexibility index (Phi) is 2.37. The third kappa shape index (κ3) is 1.69. The molecule has 1 aromatic heterocycles. The third-order valence-electron chi connectivity index (χ3n) is 2.79. The fraction of sp³-hybridized carbons (Fsp3) is 0.143. The van der Waals surface area contributed by atoms with Crippen molar-refractivity contribution in [3.8, 4) is 11.5 Å². The van der Waals surface area contributed by atoms with E-state index in [4.69, 9.17) is 4.42 Å². The van der Waals surface area contributed by atoms with Gasteiger partial charge in [-0.05, 0) is 16.8 Å². The van der Waals surface area contributed by atoms with Crippen LogP contribution in [0.1, 0.15) is 12.8 Å². The predicted octanol–water partition coefficient (Wildman–Crippen LogP) is 3.45. The zero-order valence-corrected chi connectivity index (χ0v) is 9.55. The predicted molar refractivity (Wildman–Crippen MR) is 66.6 cm³/mol. The molecule has 0 spiro atoms. The van der Waals surface area contributed by atoms with Gasteiger partial charge in [-0.2, -0.15) is 0 Å². The highest BCUT2D eigenvalue weighted by molar-refractivity contribution is 5.94. The molecule has 0 aliphatic rings. The van der Waals surface area contributed by atoms with E-state index in [1.54, 1.807) is 0 Å². The fourth-order valence-corrected chi connectivity index (χ4v) is 1.92. The van der Waals surface area contributed by atoms with Gasteiger partial charge in [0.05, 0.1) is 0 Å².